The Morgan fingerprint density at radius 2 is 2.00 bits per heavy atom. The molecule has 0 atom stereocenters. The van der Waals surface area contributed by atoms with E-state index < -0.39 is 0 Å². The Morgan fingerprint density at radius 1 is 1.19 bits per heavy atom. The summed E-state index contributed by atoms with van der Waals surface area (Å²) < 4.78 is 14.9. The molecule has 0 aliphatic carbocycles. The van der Waals surface area contributed by atoms with Crippen LogP contribution in [-0.2, 0) is 19.2 Å². The van der Waals surface area contributed by atoms with E-state index in [2.05, 4.69) is 10.3 Å². The fourth-order valence-corrected chi connectivity index (χ4v) is 3.39. The maximum absolute atomic E-state index is 12.9. The third-order valence-electron chi connectivity index (χ3n) is 3.95. The van der Waals surface area contributed by atoms with E-state index in [1.807, 2.05) is 42.1 Å². The summed E-state index contributed by atoms with van der Waals surface area (Å²) in [5.41, 5.74) is 2.71. The maximum Gasteiger partial charge on any atom is 0.251 e. The minimum atomic E-state index is -0.252. The molecule has 0 aliphatic rings. The molecule has 0 saturated heterocycles. The molecule has 1 N–H and O–H groups in total. The van der Waals surface area contributed by atoms with Crippen LogP contribution in [0.5, 0.6) is 0 Å². The van der Waals surface area contributed by atoms with Crippen LogP contribution in [-0.4, -0.2) is 22.0 Å². The summed E-state index contributed by atoms with van der Waals surface area (Å²) in [6.07, 6.45) is 4.35. The van der Waals surface area contributed by atoms with Crippen molar-refractivity contribution < 1.29 is 9.18 Å². The lowest BCUT2D eigenvalue weighted by Crippen LogP contribution is -2.25. The first-order chi connectivity index (χ1) is 12.6. The van der Waals surface area contributed by atoms with Crippen LogP contribution in [0, 0.1) is 5.82 Å². The Balaban J connectivity index is 1.52. The molecule has 1 heterocycles. The second-order valence-corrected chi connectivity index (χ2v) is 6.88. The van der Waals surface area contributed by atoms with Crippen LogP contribution in [0.4, 0.5) is 4.39 Å². The van der Waals surface area contributed by atoms with Crippen LogP contribution >= 0.6 is 11.8 Å². The first-order valence-corrected chi connectivity index (χ1v) is 9.32. The number of carbonyl (C=O) groups excluding carboxylic acids is 1. The highest BCUT2D eigenvalue weighted by molar-refractivity contribution is 7.98. The van der Waals surface area contributed by atoms with E-state index in [1.54, 1.807) is 30.1 Å². The van der Waals surface area contributed by atoms with Crippen LogP contribution in [0.3, 0.4) is 0 Å². The Bertz CT molecular complexity index is 877. The van der Waals surface area contributed by atoms with Gasteiger partial charge in [-0.15, -0.1) is 0 Å². The molecule has 0 unspecified atom stereocenters. The van der Waals surface area contributed by atoms with Crippen LogP contribution in [0.1, 0.15) is 21.5 Å². The van der Waals surface area contributed by atoms with E-state index in [9.17, 15) is 9.18 Å². The fourth-order valence-electron chi connectivity index (χ4n) is 2.51. The van der Waals surface area contributed by atoms with Crippen molar-refractivity contribution in [3.05, 3.63) is 83.4 Å². The number of nitrogens with one attached hydrogen (secondary N) is 1. The largest absolute Gasteiger partial charge is 0.352 e. The third kappa shape index (κ3) is 4.95. The van der Waals surface area contributed by atoms with Crippen LogP contribution in [0.15, 0.2) is 66.1 Å². The minimum absolute atomic E-state index is 0.101. The number of hydrogen-bond acceptors (Lipinski definition) is 3. The zero-order valence-electron chi connectivity index (χ0n) is 14.5. The van der Waals surface area contributed by atoms with E-state index in [0.717, 1.165) is 22.0 Å². The molecule has 1 aromatic heterocycles. The van der Waals surface area contributed by atoms with Gasteiger partial charge in [0.25, 0.3) is 5.91 Å². The second kappa shape index (κ2) is 8.67. The molecule has 0 radical (unpaired) electrons. The normalized spacial score (nSPS) is 10.7. The Morgan fingerprint density at radius 3 is 2.73 bits per heavy atom. The van der Waals surface area contributed by atoms with Crippen molar-refractivity contribution in [1.29, 1.82) is 0 Å². The van der Waals surface area contributed by atoms with Gasteiger partial charge in [-0.3, -0.25) is 4.79 Å². The van der Waals surface area contributed by atoms with Gasteiger partial charge in [-0.05, 0) is 41.8 Å². The van der Waals surface area contributed by atoms with Crippen molar-refractivity contribution in [3.63, 3.8) is 0 Å². The van der Waals surface area contributed by atoms with Gasteiger partial charge in [-0.2, -0.15) is 0 Å². The van der Waals surface area contributed by atoms with Gasteiger partial charge in [-0.25, -0.2) is 9.37 Å². The molecule has 1 amide bonds. The lowest BCUT2D eigenvalue weighted by molar-refractivity contribution is 0.0954. The average molecular weight is 369 g/mol. The summed E-state index contributed by atoms with van der Waals surface area (Å²) in [7, 11) is 1.96. The average Bonchev–Trinajstić information content (AvgIpc) is 3.07. The van der Waals surface area contributed by atoms with Gasteiger partial charge in [0, 0.05) is 37.3 Å². The molecule has 3 aromatic rings. The lowest BCUT2D eigenvalue weighted by Gasteiger charge is -2.07. The number of rotatable bonds is 7. The predicted octanol–water partition coefficient (Wildman–Crippen LogP) is 3.82. The van der Waals surface area contributed by atoms with E-state index >= 15 is 0 Å². The molecule has 0 saturated carbocycles. The van der Waals surface area contributed by atoms with Crippen molar-refractivity contribution in [2.75, 3.05) is 6.54 Å². The van der Waals surface area contributed by atoms with E-state index in [4.69, 9.17) is 0 Å². The molecule has 0 bridgehead atoms. The molecular formula is C20H20FN3OS. The Hall–Kier alpha value is -2.60. The third-order valence-corrected chi connectivity index (χ3v) is 5.08. The van der Waals surface area contributed by atoms with Gasteiger partial charge in [0.05, 0.1) is 0 Å². The topological polar surface area (TPSA) is 46.9 Å². The standard InChI is InChI=1S/C20H20FN3OS/c1-24-12-11-23-20(24)26-14-16-3-2-4-17(13-16)19(25)22-10-9-15-5-7-18(21)8-6-15/h2-8,11-13H,9-10,14H2,1H3,(H,22,25). The number of thioether (sulfide) groups is 1. The predicted molar refractivity (Wildman–Crippen MR) is 102 cm³/mol. The molecule has 0 aliphatic heterocycles. The van der Waals surface area contributed by atoms with Gasteiger partial charge in [-0.1, -0.05) is 36.0 Å². The molecule has 0 spiro atoms. The van der Waals surface area contributed by atoms with Gasteiger partial charge in [0.2, 0.25) is 0 Å². The van der Waals surface area contributed by atoms with Crippen molar-refractivity contribution in [3.8, 4) is 0 Å². The number of hydrogen-bond donors (Lipinski definition) is 1. The molecular weight excluding hydrogens is 349 g/mol. The van der Waals surface area contributed by atoms with Crippen molar-refractivity contribution in [2.24, 2.45) is 7.05 Å². The van der Waals surface area contributed by atoms with Crippen LogP contribution in [0.2, 0.25) is 0 Å². The van der Waals surface area contributed by atoms with E-state index in [-0.39, 0.29) is 11.7 Å². The van der Waals surface area contributed by atoms with Crippen molar-refractivity contribution in [2.45, 2.75) is 17.3 Å². The van der Waals surface area contributed by atoms with Crippen molar-refractivity contribution in [1.82, 2.24) is 14.9 Å². The Labute approximate surface area is 156 Å². The number of nitrogens with zero attached hydrogens (tertiary/aromatic N) is 2. The first-order valence-electron chi connectivity index (χ1n) is 8.33. The van der Waals surface area contributed by atoms with Crippen molar-refractivity contribution >= 4 is 17.7 Å². The number of imidazole rings is 1. The van der Waals surface area contributed by atoms with Gasteiger partial charge >= 0.3 is 0 Å². The molecule has 0 fully saturated rings. The second-order valence-electron chi connectivity index (χ2n) is 5.94. The smallest absolute Gasteiger partial charge is 0.251 e. The molecule has 134 valence electrons. The zero-order chi connectivity index (χ0) is 18.4. The number of carbonyl (C=O) groups is 1. The van der Waals surface area contributed by atoms with Crippen LogP contribution < -0.4 is 5.32 Å². The van der Waals surface area contributed by atoms with E-state index in [0.29, 0.717) is 18.5 Å². The summed E-state index contributed by atoms with van der Waals surface area (Å²) in [6.45, 7) is 0.511. The summed E-state index contributed by atoms with van der Waals surface area (Å²) in [4.78, 5) is 16.6. The van der Waals surface area contributed by atoms with Gasteiger partial charge in [0.15, 0.2) is 5.16 Å². The molecule has 26 heavy (non-hydrogen) atoms. The minimum Gasteiger partial charge on any atom is -0.352 e. The number of halogens is 1. The SMILES string of the molecule is Cn1ccnc1SCc1cccc(C(=O)NCCc2ccc(F)cc2)c1. The monoisotopic (exact) mass is 369 g/mol. The number of aryl methyl sites for hydroxylation is 1. The number of aromatic nitrogens is 2. The summed E-state index contributed by atoms with van der Waals surface area (Å²) in [6, 6.07) is 13.9. The lowest BCUT2D eigenvalue weighted by atomic mass is 10.1. The highest BCUT2D eigenvalue weighted by Gasteiger charge is 2.07. The fraction of sp³-hybridized carbons (Fsp3) is 0.200. The highest BCUT2D eigenvalue weighted by Crippen LogP contribution is 2.21. The molecule has 2 aromatic carbocycles. The maximum atomic E-state index is 12.9. The molecule has 3 rings (SSSR count). The summed E-state index contributed by atoms with van der Waals surface area (Å²) >= 11 is 1.63. The van der Waals surface area contributed by atoms with E-state index in [1.165, 1.54) is 12.1 Å². The first kappa shape index (κ1) is 18.2. The van der Waals surface area contributed by atoms with Gasteiger partial charge < -0.3 is 9.88 Å². The summed E-state index contributed by atoms with van der Waals surface area (Å²) in [5, 5.41) is 3.86. The molecule has 6 heteroatoms. The highest BCUT2D eigenvalue weighted by atomic mass is 32.2. The zero-order valence-corrected chi connectivity index (χ0v) is 15.3. The number of amides is 1. The quantitative estimate of drug-likeness (QED) is 0.644. The Kier molecular flexibility index (Phi) is 6.07. The molecule has 4 nitrogen and oxygen atoms in total. The van der Waals surface area contributed by atoms with Gasteiger partial charge in [0.1, 0.15) is 5.82 Å². The summed E-state index contributed by atoms with van der Waals surface area (Å²) in [5.74, 6) is 0.399. The number of benzene rings is 2. The van der Waals surface area contributed by atoms with Crippen LogP contribution in [0.25, 0.3) is 0 Å².